The number of ether oxygens (including phenoxy) is 1. The predicted octanol–water partition coefficient (Wildman–Crippen LogP) is 3.04. The second-order valence-corrected chi connectivity index (χ2v) is 5.05. The van der Waals surface area contributed by atoms with E-state index in [-0.39, 0.29) is 0 Å². The molecule has 2 aliphatic rings. The Bertz CT molecular complexity index is 219. The van der Waals surface area contributed by atoms with Gasteiger partial charge in [0, 0.05) is 13.2 Å². The molecule has 0 radical (unpaired) electrons. The van der Waals surface area contributed by atoms with Gasteiger partial charge in [-0.05, 0) is 57.9 Å². The van der Waals surface area contributed by atoms with Crippen LogP contribution >= 0.6 is 0 Å². The van der Waals surface area contributed by atoms with Gasteiger partial charge in [0.2, 0.25) is 0 Å². The highest BCUT2D eigenvalue weighted by Crippen LogP contribution is 2.19. The predicted molar refractivity (Wildman–Crippen MR) is 67.6 cm³/mol. The molecule has 0 aromatic rings. The molecule has 0 aromatic carbocycles. The van der Waals surface area contributed by atoms with Crippen LogP contribution in [0.5, 0.6) is 0 Å². The van der Waals surface area contributed by atoms with Gasteiger partial charge in [-0.3, -0.25) is 0 Å². The average Bonchev–Trinajstić information content (AvgIpc) is 2.37. The van der Waals surface area contributed by atoms with E-state index in [9.17, 15) is 0 Å². The van der Waals surface area contributed by atoms with Crippen molar-refractivity contribution in [2.24, 2.45) is 0 Å². The summed E-state index contributed by atoms with van der Waals surface area (Å²) in [7, 11) is 0. The van der Waals surface area contributed by atoms with Gasteiger partial charge in [-0.15, -0.1) is 0 Å². The highest BCUT2D eigenvalue weighted by atomic mass is 16.5. The van der Waals surface area contributed by atoms with Crippen LogP contribution < -0.4 is 5.32 Å². The molecule has 2 heteroatoms. The second kappa shape index (κ2) is 7.08. The first-order valence-electron chi connectivity index (χ1n) is 6.95. The van der Waals surface area contributed by atoms with Crippen molar-refractivity contribution in [1.29, 1.82) is 0 Å². The van der Waals surface area contributed by atoms with Gasteiger partial charge in [-0.2, -0.15) is 0 Å². The molecular formula is C14H25NO. The average molecular weight is 223 g/mol. The molecule has 16 heavy (non-hydrogen) atoms. The minimum absolute atomic E-state index is 0.481. The van der Waals surface area contributed by atoms with Crippen molar-refractivity contribution in [3.8, 4) is 0 Å². The molecule has 2 nitrogen and oxygen atoms in total. The number of hydrogen-bond donors (Lipinski definition) is 1. The van der Waals surface area contributed by atoms with Gasteiger partial charge in [0.05, 0.1) is 6.10 Å². The van der Waals surface area contributed by atoms with Crippen LogP contribution in [0.3, 0.4) is 0 Å². The molecule has 1 N–H and O–H groups in total. The van der Waals surface area contributed by atoms with E-state index in [1.807, 2.05) is 0 Å². The van der Waals surface area contributed by atoms with Crippen molar-refractivity contribution >= 4 is 0 Å². The smallest absolute Gasteiger partial charge is 0.0699 e. The third-order valence-corrected chi connectivity index (χ3v) is 3.65. The zero-order chi connectivity index (χ0) is 11.1. The summed E-state index contributed by atoms with van der Waals surface area (Å²) in [6.07, 6.45) is 13.5. The normalized spacial score (nSPS) is 26.5. The Morgan fingerprint density at radius 3 is 3.00 bits per heavy atom. The summed E-state index contributed by atoms with van der Waals surface area (Å²) in [6.45, 7) is 3.15. The molecule has 0 amide bonds. The van der Waals surface area contributed by atoms with E-state index in [1.54, 1.807) is 5.57 Å². The summed E-state index contributed by atoms with van der Waals surface area (Å²) >= 11 is 0. The lowest BCUT2D eigenvalue weighted by molar-refractivity contribution is 0.0171. The van der Waals surface area contributed by atoms with Crippen molar-refractivity contribution in [3.63, 3.8) is 0 Å². The van der Waals surface area contributed by atoms with Crippen molar-refractivity contribution in [2.75, 3.05) is 19.7 Å². The van der Waals surface area contributed by atoms with Gasteiger partial charge >= 0.3 is 0 Å². The molecule has 0 aromatic heterocycles. The van der Waals surface area contributed by atoms with Gasteiger partial charge in [0.25, 0.3) is 0 Å². The van der Waals surface area contributed by atoms with Gasteiger partial charge in [-0.25, -0.2) is 0 Å². The third-order valence-electron chi connectivity index (χ3n) is 3.65. The van der Waals surface area contributed by atoms with E-state index in [4.69, 9.17) is 4.74 Å². The minimum Gasteiger partial charge on any atom is -0.377 e. The Morgan fingerprint density at radius 1 is 1.25 bits per heavy atom. The topological polar surface area (TPSA) is 21.3 Å². The highest BCUT2D eigenvalue weighted by Gasteiger charge is 2.12. The fourth-order valence-corrected chi connectivity index (χ4v) is 2.61. The fourth-order valence-electron chi connectivity index (χ4n) is 2.61. The zero-order valence-corrected chi connectivity index (χ0v) is 10.3. The van der Waals surface area contributed by atoms with Crippen molar-refractivity contribution in [1.82, 2.24) is 5.32 Å². The number of allylic oxidation sites excluding steroid dienone is 1. The first-order valence-corrected chi connectivity index (χ1v) is 6.95. The third kappa shape index (κ3) is 4.26. The number of nitrogens with one attached hydrogen (secondary N) is 1. The van der Waals surface area contributed by atoms with Crippen LogP contribution in [0.25, 0.3) is 0 Å². The molecule has 1 aliphatic carbocycles. The van der Waals surface area contributed by atoms with Crippen molar-refractivity contribution in [3.05, 3.63) is 11.6 Å². The largest absolute Gasteiger partial charge is 0.377 e. The lowest BCUT2D eigenvalue weighted by atomic mass is 9.97. The Balaban J connectivity index is 1.52. The molecule has 0 spiro atoms. The van der Waals surface area contributed by atoms with E-state index in [2.05, 4.69) is 11.4 Å². The van der Waals surface area contributed by atoms with Crippen LogP contribution in [-0.4, -0.2) is 25.8 Å². The van der Waals surface area contributed by atoms with Crippen LogP contribution in [-0.2, 0) is 4.74 Å². The first-order chi connectivity index (χ1) is 7.95. The minimum atomic E-state index is 0.481. The van der Waals surface area contributed by atoms with E-state index < -0.39 is 0 Å². The maximum absolute atomic E-state index is 5.69. The van der Waals surface area contributed by atoms with E-state index in [1.165, 1.54) is 51.4 Å². The molecule has 1 unspecified atom stereocenters. The van der Waals surface area contributed by atoms with Gasteiger partial charge in [0.15, 0.2) is 0 Å². The molecule has 1 atom stereocenters. The van der Waals surface area contributed by atoms with Crippen LogP contribution in [0, 0.1) is 0 Å². The summed E-state index contributed by atoms with van der Waals surface area (Å²) in [5, 5.41) is 3.54. The summed E-state index contributed by atoms with van der Waals surface area (Å²) in [6, 6.07) is 0. The molecule has 0 bridgehead atoms. The number of hydrogen-bond acceptors (Lipinski definition) is 2. The highest BCUT2D eigenvalue weighted by molar-refractivity contribution is 5.05. The van der Waals surface area contributed by atoms with Crippen molar-refractivity contribution < 1.29 is 4.74 Å². The standard InChI is InChI=1S/C14H25NO/c1-2-6-13(7-3-1)9-10-15-12-14-8-4-5-11-16-14/h6,14-15H,1-5,7-12H2. The molecule has 0 saturated carbocycles. The Kier molecular flexibility index (Phi) is 5.36. The molecule has 92 valence electrons. The van der Waals surface area contributed by atoms with E-state index in [0.29, 0.717) is 6.10 Å². The monoisotopic (exact) mass is 223 g/mol. The first kappa shape index (κ1) is 12.1. The maximum Gasteiger partial charge on any atom is 0.0699 e. The molecule has 1 heterocycles. The number of rotatable bonds is 5. The molecule has 1 fully saturated rings. The van der Waals surface area contributed by atoms with Crippen LogP contribution in [0.4, 0.5) is 0 Å². The van der Waals surface area contributed by atoms with Crippen LogP contribution in [0.2, 0.25) is 0 Å². The molecule has 1 saturated heterocycles. The van der Waals surface area contributed by atoms with Gasteiger partial charge < -0.3 is 10.1 Å². The summed E-state index contributed by atoms with van der Waals surface area (Å²) in [4.78, 5) is 0. The summed E-state index contributed by atoms with van der Waals surface area (Å²) in [5.41, 5.74) is 1.67. The zero-order valence-electron chi connectivity index (χ0n) is 10.3. The van der Waals surface area contributed by atoms with Gasteiger partial charge in [-0.1, -0.05) is 11.6 Å². The Hall–Kier alpha value is -0.340. The summed E-state index contributed by atoms with van der Waals surface area (Å²) in [5.74, 6) is 0. The van der Waals surface area contributed by atoms with Gasteiger partial charge in [0.1, 0.15) is 0 Å². The van der Waals surface area contributed by atoms with Crippen molar-refractivity contribution in [2.45, 2.75) is 57.5 Å². The Labute approximate surface area is 99.4 Å². The molecule has 2 rings (SSSR count). The second-order valence-electron chi connectivity index (χ2n) is 5.05. The van der Waals surface area contributed by atoms with Crippen LogP contribution in [0.1, 0.15) is 51.4 Å². The maximum atomic E-state index is 5.69. The molecular weight excluding hydrogens is 198 g/mol. The quantitative estimate of drug-likeness (QED) is 0.571. The summed E-state index contributed by atoms with van der Waals surface area (Å²) < 4.78 is 5.69. The fraction of sp³-hybridized carbons (Fsp3) is 0.857. The Morgan fingerprint density at radius 2 is 2.25 bits per heavy atom. The molecule has 1 aliphatic heterocycles. The van der Waals surface area contributed by atoms with E-state index >= 15 is 0 Å². The van der Waals surface area contributed by atoms with Crippen LogP contribution in [0.15, 0.2) is 11.6 Å². The lowest BCUT2D eigenvalue weighted by Gasteiger charge is -2.23. The lowest BCUT2D eigenvalue weighted by Crippen LogP contribution is -2.32. The van der Waals surface area contributed by atoms with E-state index in [0.717, 1.165) is 19.7 Å². The SMILES string of the molecule is C1=C(CCNCC2CCCCO2)CCCC1.